The topological polar surface area (TPSA) is 56.3 Å². The average molecular weight is 410 g/mol. The van der Waals surface area contributed by atoms with Gasteiger partial charge in [0.2, 0.25) is 0 Å². The molecule has 1 unspecified atom stereocenters. The number of alkyl halides is 6. The minimum Gasteiger partial charge on any atom is -0.381 e. The Hall–Kier alpha value is -1.49. The molecule has 140 valence electrons. The van der Waals surface area contributed by atoms with Crippen molar-refractivity contribution >= 4 is 21.7 Å². The van der Waals surface area contributed by atoms with E-state index < -0.39 is 57.9 Å². The summed E-state index contributed by atoms with van der Waals surface area (Å²) in [5.41, 5.74) is -8.69. The van der Waals surface area contributed by atoms with E-state index in [2.05, 4.69) is 9.17 Å². The summed E-state index contributed by atoms with van der Waals surface area (Å²) >= 11 is 5.80. The maximum Gasteiger partial charge on any atom is 0.534 e. The molecule has 0 aliphatic heterocycles. The number of rotatable bonds is 3. The maximum absolute atomic E-state index is 13.6. The summed E-state index contributed by atoms with van der Waals surface area (Å²) in [7, 11) is -5.93. The molecule has 0 N–H and O–H groups in total. The predicted octanol–water partition coefficient (Wildman–Crippen LogP) is 4.47. The molecule has 0 amide bonds. The van der Waals surface area contributed by atoms with Gasteiger partial charge in [0.05, 0.1) is 10.7 Å². The summed E-state index contributed by atoms with van der Waals surface area (Å²) in [5, 5.41) is -0.250. The number of allylic oxidation sites excluding steroid dienone is 2. The Morgan fingerprint density at radius 3 is 2.28 bits per heavy atom. The van der Waals surface area contributed by atoms with Gasteiger partial charge >= 0.3 is 21.8 Å². The second-order valence-corrected chi connectivity index (χ2v) is 7.22. The highest BCUT2D eigenvalue weighted by molar-refractivity contribution is 7.87. The van der Waals surface area contributed by atoms with E-state index in [1.807, 2.05) is 0 Å². The number of pyridine rings is 1. The lowest BCUT2D eigenvalue weighted by molar-refractivity contribution is -0.195. The number of hydrogen-bond acceptors (Lipinski definition) is 4. The maximum atomic E-state index is 13.6. The molecule has 0 spiro atoms. The molecule has 1 aliphatic rings. The lowest BCUT2D eigenvalue weighted by atomic mass is 9.73. The van der Waals surface area contributed by atoms with E-state index in [4.69, 9.17) is 11.6 Å². The second-order valence-electron chi connectivity index (χ2n) is 5.27. The summed E-state index contributed by atoms with van der Waals surface area (Å²) in [6.45, 7) is 0. The van der Waals surface area contributed by atoms with E-state index >= 15 is 0 Å². The Morgan fingerprint density at radius 2 is 1.84 bits per heavy atom. The third kappa shape index (κ3) is 3.71. The molecule has 4 nitrogen and oxygen atoms in total. The zero-order valence-corrected chi connectivity index (χ0v) is 13.7. The summed E-state index contributed by atoms with van der Waals surface area (Å²) in [4.78, 5) is 3.66. The van der Waals surface area contributed by atoms with Crippen molar-refractivity contribution in [3.8, 4) is 0 Å². The van der Waals surface area contributed by atoms with Crippen LogP contribution in [0.5, 0.6) is 0 Å². The van der Waals surface area contributed by atoms with Gasteiger partial charge in [-0.15, -0.1) is 0 Å². The van der Waals surface area contributed by atoms with Crippen LogP contribution in [0.15, 0.2) is 30.2 Å². The third-order valence-corrected chi connectivity index (χ3v) is 5.04. The van der Waals surface area contributed by atoms with Crippen molar-refractivity contribution in [3.05, 3.63) is 40.9 Å². The van der Waals surface area contributed by atoms with Gasteiger partial charge in [-0.05, 0) is 31.1 Å². The predicted molar refractivity (Wildman–Crippen MR) is 75.0 cm³/mol. The lowest BCUT2D eigenvalue weighted by Crippen LogP contribution is -2.44. The first-order valence-electron chi connectivity index (χ1n) is 6.68. The van der Waals surface area contributed by atoms with Crippen LogP contribution in [-0.4, -0.2) is 25.1 Å². The fraction of sp³-hybridized carbons (Fsp3) is 0.462. The fourth-order valence-corrected chi connectivity index (χ4v) is 3.27. The standard InChI is InChI=1S/C13H10ClF6NO3S/c14-9-2-1-7-21-10(9)11(12(15,16)17)5-3-8(4-6-11)24-25(22,23)13(18,19)20/h1-3,7H,4-6H2. The van der Waals surface area contributed by atoms with E-state index in [1.165, 1.54) is 12.1 Å². The van der Waals surface area contributed by atoms with Gasteiger partial charge in [-0.25, -0.2) is 0 Å². The van der Waals surface area contributed by atoms with E-state index in [0.717, 1.165) is 6.20 Å². The van der Waals surface area contributed by atoms with Crippen LogP contribution in [0.2, 0.25) is 5.02 Å². The van der Waals surface area contributed by atoms with Crippen molar-refractivity contribution in [2.75, 3.05) is 0 Å². The van der Waals surface area contributed by atoms with Crippen LogP contribution in [0.4, 0.5) is 26.3 Å². The van der Waals surface area contributed by atoms with Crippen LogP contribution in [0.25, 0.3) is 0 Å². The number of hydrogen-bond donors (Lipinski definition) is 0. The Balaban J connectivity index is 2.38. The minimum atomic E-state index is -5.93. The van der Waals surface area contributed by atoms with Crippen LogP contribution in [0, 0.1) is 0 Å². The van der Waals surface area contributed by atoms with Gasteiger partial charge in [-0.2, -0.15) is 34.8 Å². The highest BCUT2D eigenvalue weighted by Gasteiger charge is 2.58. The average Bonchev–Trinajstić information content (AvgIpc) is 2.46. The first-order valence-corrected chi connectivity index (χ1v) is 8.46. The Morgan fingerprint density at radius 1 is 1.20 bits per heavy atom. The van der Waals surface area contributed by atoms with Crippen LogP contribution in [-0.2, 0) is 19.7 Å². The Kier molecular flexibility index (Phi) is 5.03. The van der Waals surface area contributed by atoms with Gasteiger partial charge < -0.3 is 4.18 Å². The summed E-state index contributed by atoms with van der Waals surface area (Å²) in [5.74, 6) is -0.704. The molecular formula is C13H10ClF6NO3S. The molecule has 0 fully saturated rings. The molecule has 1 heterocycles. The van der Waals surface area contributed by atoms with Crippen molar-refractivity contribution in [3.63, 3.8) is 0 Å². The number of halogens is 7. The highest BCUT2D eigenvalue weighted by atomic mass is 35.5. The SMILES string of the molecule is O=S(=O)(OC1=CCC(c2ncccc2Cl)(C(F)(F)F)CC1)C(F)(F)F. The first-order chi connectivity index (χ1) is 11.3. The molecule has 1 aliphatic carbocycles. The van der Waals surface area contributed by atoms with Crippen LogP contribution >= 0.6 is 11.6 Å². The lowest BCUT2D eigenvalue weighted by Gasteiger charge is -2.37. The molecule has 1 atom stereocenters. The Bertz CT molecular complexity index is 790. The molecule has 0 saturated heterocycles. The molecule has 0 saturated carbocycles. The molecule has 1 aromatic rings. The van der Waals surface area contributed by atoms with Gasteiger partial charge in [0.1, 0.15) is 11.2 Å². The van der Waals surface area contributed by atoms with Gasteiger partial charge in [-0.3, -0.25) is 4.98 Å². The fourth-order valence-electron chi connectivity index (χ4n) is 2.44. The molecular weight excluding hydrogens is 400 g/mol. The van der Waals surface area contributed by atoms with Crippen molar-refractivity contribution in [1.29, 1.82) is 0 Å². The number of nitrogens with zero attached hydrogens (tertiary/aromatic N) is 1. The van der Waals surface area contributed by atoms with Crippen molar-refractivity contribution in [2.24, 2.45) is 0 Å². The molecule has 1 aromatic heterocycles. The van der Waals surface area contributed by atoms with Gasteiger partial charge in [-0.1, -0.05) is 11.6 Å². The molecule has 0 bridgehead atoms. The largest absolute Gasteiger partial charge is 0.534 e. The molecule has 2 rings (SSSR count). The minimum absolute atomic E-state index is 0.250. The molecule has 12 heteroatoms. The normalized spacial score (nSPS) is 22.4. The Labute approximate surface area is 143 Å². The molecule has 0 aromatic carbocycles. The summed E-state index contributed by atoms with van der Waals surface area (Å²) in [6, 6.07) is 2.54. The third-order valence-electron chi connectivity index (χ3n) is 3.73. The zero-order chi connectivity index (χ0) is 19.1. The summed E-state index contributed by atoms with van der Waals surface area (Å²) in [6.07, 6.45) is -5.32. The number of aromatic nitrogens is 1. The van der Waals surface area contributed by atoms with Crippen LogP contribution in [0.3, 0.4) is 0 Å². The highest BCUT2D eigenvalue weighted by Crippen LogP contribution is 2.51. The van der Waals surface area contributed by atoms with Gasteiger partial charge in [0.15, 0.2) is 0 Å². The van der Waals surface area contributed by atoms with Gasteiger partial charge in [0.25, 0.3) is 0 Å². The van der Waals surface area contributed by atoms with Crippen molar-refractivity contribution in [2.45, 2.75) is 36.4 Å². The van der Waals surface area contributed by atoms with E-state index in [1.54, 1.807) is 0 Å². The summed E-state index contributed by atoms with van der Waals surface area (Å²) < 4.78 is 104. The monoisotopic (exact) mass is 409 g/mol. The van der Waals surface area contributed by atoms with E-state index in [-0.39, 0.29) is 5.02 Å². The van der Waals surface area contributed by atoms with Crippen LogP contribution < -0.4 is 0 Å². The first kappa shape index (κ1) is 19.8. The quantitative estimate of drug-likeness (QED) is 0.420. The second kappa shape index (κ2) is 6.35. The van der Waals surface area contributed by atoms with Crippen LogP contribution in [0.1, 0.15) is 25.0 Å². The van der Waals surface area contributed by atoms with Crippen molar-refractivity contribution < 1.29 is 38.9 Å². The smallest absolute Gasteiger partial charge is 0.381 e. The van der Waals surface area contributed by atoms with E-state index in [9.17, 15) is 34.8 Å². The zero-order valence-electron chi connectivity index (χ0n) is 12.2. The molecule has 25 heavy (non-hydrogen) atoms. The van der Waals surface area contributed by atoms with Gasteiger partial charge in [0, 0.05) is 12.6 Å². The van der Waals surface area contributed by atoms with Crippen molar-refractivity contribution in [1.82, 2.24) is 4.98 Å². The van der Waals surface area contributed by atoms with E-state index in [0.29, 0.717) is 6.08 Å². The molecule has 0 radical (unpaired) electrons.